The Bertz CT molecular complexity index is 397. The first-order valence-electron chi connectivity index (χ1n) is 4.12. The van der Waals surface area contributed by atoms with Crippen molar-refractivity contribution in [1.29, 1.82) is 0 Å². The molecule has 5 heteroatoms. The van der Waals surface area contributed by atoms with Gasteiger partial charge in [0.2, 0.25) is 11.6 Å². The number of carbonyl (C=O) groups is 2. The minimum atomic E-state index is -0.656. The molecule has 0 amide bonds. The highest BCUT2D eigenvalue weighted by Gasteiger charge is 2.37. The fourth-order valence-electron chi connectivity index (χ4n) is 1.71. The number of β-amino-alcohol motifs (C(OH)–C–C–N with tert-alkyl or cyclic N) is 1. The number of hydrogen-bond acceptors (Lipinski definition) is 4. The highest BCUT2D eigenvalue weighted by atomic mass is 127. The number of rotatable bonds is 0. The van der Waals surface area contributed by atoms with Crippen molar-refractivity contribution in [3.05, 3.63) is 20.9 Å². The summed E-state index contributed by atoms with van der Waals surface area (Å²) in [5, 5.41) is 9.61. The number of aliphatic hydroxyl groups is 1. The summed E-state index contributed by atoms with van der Waals surface area (Å²) in [6.45, 7) is 0.439. The van der Waals surface area contributed by atoms with Crippen molar-refractivity contribution in [2.24, 2.45) is 0 Å². The zero-order valence-corrected chi connectivity index (χ0v) is 9.61. The molecular formula is C9H8INO3. The lowest BCUT2D eigenvalue weighted by Gasteiger charge is -2.16. The lowest BCUT2D eigenvalue weighted by atomic mass is 10.0. The van der Waals surface area contributed by atoms with E-state index in [1.54, 1.807) is 11.9 Å². The second-order valence-electron chi connectivity index (χ2n) is 3.35. The molecule has 0 aromatic rings. The van der Waals surface area contributed by atoms with E-state index < -0.39 is 17.7 Å². The Morgan fingerprint density at radius 3 is 2.86 bits per heavy atom. The maximum atomic E-state index is 11.4. The zero-order chi connectivity index (χ0) is 10.5. The van der Waals surface area contributed by atoms with E-state index in [9.17, 15) is 14.7 Å². The normalized spacial score (nSPS) is 26.9. The second-order valence-corrected chi connectivity index (χ2v) is 4.43. The topological polar surface area (TPSA) is 57.6 Å². The third-order valence-corrected chi connectivity index (χ3v) is 3.38. The molecule has 1 fully saturated rings. The Morgan fingerprint density at radius 1 is 1.57 bits per heavy atom. The summed E-state index contributed by atoms with van der Waals surface area (Å²) in [5.74, 6) is -1.02. The molecule has 0 aromatic heterocycles. The van der Waals surface area contributed by atoms with Gasteiger partial charge in [-0.25, -0.2) is 0 Å². The molecule has 14 heavy (non-hydrogen) atoms. The number of fused-ring (bicyclic) bond motifs is 1. The Morgan fingerprint density at radius 2 is 2.21 bits per heavy atom. The number of nitrogens with zero attached hydrogens (tertiary/aromatic N) is 1. The molecule has 0 radical (unpaired) electrons. The van der Waals surface area contributed by atoms with Gasteiger partial charge in [0, 0.05) is 19.2 Å². The van der Waals surface area contributed by atoms with Crippen LogP contribution in [0.1, 0.15) is 0 Å². The van der Waals surface area contributed by atoms with Crippen molar-refractivity contribution >= 4 is 34.2 Å². The maximum Gasteiger partial charge on any atom is 0.241 e. The van der Waals surface area contributed by atoms with Crippen molar-refractivity contribution < 1.29 is 14.7 Å². The van der Waals surface area contributed by atoms with Gasteiger partial charge < -0.3 is 10.0 Å². The van der Waals surface area contributed by atoms with Crippen LogP contribution in [0, 0.1) is 0 Å². The second kappa shape index (κ2) is 3.16. The fraction of sp³-hybridized carbons (Fsp3) is 0.333. The number of hydrogen-bond donors (Lipinski definition) is 1. The van der Waals surface area contributed by atoms with Crippen LogP contribution in [0.15, 0.2) is 20.9 Å². The smallest absolute Gasteiger partial charge is 0.241 e. The van der Waals surface area contributed by atoms with Crippen LogP contribution in [0.5, 0.6) is 0 Å². The number of halogens is 1. The lowest BCUT2D eigenvalue weighted by molar-refractivity contribution is -0.131. The van der Waals surface area contributed by atoms with Crippen molar-refractivity contribution in [1.82, 2.24) is 4.90 Å². The summed E-state index contributed by atoms with van der Waals surface area (Å²) in [6, 6.07) is 0. The molecular weight excluding hydrogens is 297 g/mol. The lowest BCUT2D eigenvalue weighted by Crippen LogP contribution is -2.21. The van der Waals surface area contributed by atoms with Crippen LogP contribution in [0.4, 0.5) is 0 Å². The Labute approximate surface area is 94.4 Å². The summed E-state index contributed by atoms with van der Waals surface area (Å²) in [5.41, 5.74) is 1.27. The van der Waals surface area contributed by atoms with E-state index in [4.69, 9.17) is 0 Å². The van der Waals surface area contributed by atoms with E-state index >= 15 is 0 Å². The molecule has 1 atom stereocenters. The number of likely N-dealkylation sites (N-methyl/N-ethyl adjacent to an activating group) is 1. The highest BCUT2D eigenvalue weighted by Crippen LogP contribution is 2.34. The minimum absolute atomic E-state index is 0.407. The van der Waals surface area contributed by atoms with Gasteiger partial charge in [0.05, 0.1) is 15.4 Å². The quantitative estimate of drug-likeness (QED) is 0.389. The first-order chi connectivity index (χ1) is 6.52. The molecule has 0 spiro atoms. The molecule has 2 rings (SSSR count). The van der Waals surface area contributed by atoms with Crippen LogP contribution in [0.3, 0.4) is 0 Å². The van der Waals surface area contributed by atoms with Crippen molar-refractivity contribution in [2.75, 3.05) is 13.6 Å². The third-order valence-electron chi connectivity index (χ3n) is 2.38. The van der Waals surface area contributed by atoms with Crippen LogP contribution in [-0.2, 0) is 9.59 Å². The van der Waals surface area contributed by atoms with E-state index in [0.717, 1.165) is 0 Å². The third kappa shape index (κ3) is 1.23. The summed E-state index contributed by atoms with van der Waals surface area (Å²) in [4.78, 5) is 24.4. The molecule has 2 aliphatic rings. The number of likely N-dealkylation sites (tertiary alicyclic amines) is 1. The molecule has 1 aliphatic heterocycles. The van der Waals surface area contributed by atoms with Gasteiger partial charge in [-0.3, -0.25) is 9.59 Å². The van der Waals surface area contributed by atoms with Crippen molar-refractivity contribution in [3.8, 4) is 0 Å². The molecule has 74 valence electrons. The van der Waals surface area contributed by atoms with E-state index in [-0.39, 0.29) is 0 Å². The molecule has 0 saturated carbocycles. The Kier molecular flexibility index (Phi) is 2.23. The van der Waals surface area contributed by atoms with Gasteiger partial charge in [0.1, 0.15) is 0 Å². The number of carbonyl (C=O) groups excluding carboxylic acids is 2. The first-order valence-corrected chi connectivity index (χ1v) is 5.20. The average Bonchev–Trinajstić information content (AvgIpc) is 2.38. The van der Waals surface area contributed by atoms with Crippen LogP contribution in [-0.4, -0.2) is 41.3 Å². The molecule has 1 saturated heterocycles. The summed E-state index contributed by atoms with van der Waals surface area (Å²) < 4.78 is 0.407. The van der Waals surface area contributed by atoms with Gasteiger partial charge in [-0.2, -0.15) is 0 Å². The van der Waals surface area contributed by atoms with E-state index in [1.807, 2.05) is 22.6 Å². The average molecular weight is 305 g/mol. The standard InChI is InChI=1S/C9H8INO3/c1-11-3-6(13)4-2-5(12)9(14)7(10)8(4)11/h2,6,13H,3H2,1H3. The van der Waals surface area contributed by atoms with E-state index in [2.05, 4.69) is 0 Å². The molecule has 1 unspecified atom stereocenters. The maximum absolute atomic E-state index is 11.4. The SMILES string of the molecule is CN1CC(O)C2=CC(=O)C(=O)C(I)=C21. The number of aliphatic hydroxyl groups excluding tert-OH is 1. The Hall–Kier alpha value is -0.690. The number of ketones is 2. The molecule has 0 bridgehead atoms. The minimum Gasteiger partial charge on any atom is -0.386 e. The summed E-state index contributed by atoms with van der Waals surface area (Å²) >= 11 is 1.86. The van der Waals surface area contributed by atoms with Gasteiger partial charge >= 0.3 is 0 Å². The predicted octanol–water partition coefficient (Wildman–Crippen LogP) is 0.0175. The number of Topliss-reactive ketones (excluding diaryl/α,β-unsaturated/α-hetero) is 1. The largest absolute Gasteiger partial charge is 0.386 e. The Balaban J connectivity index is 2.58. The van der Waals surface area contributed by atoms with Gasteiger partial charge in [0.25, 0.3) is 0 Å². The van der Waals surface area contributed by atoms with Crippen molar-refractivity contribution in [3.63, 3.8) is 0 Å². The molecule has 1 heterocycles. The summed E-state index contributed by atoms with van der Waals surface area (Å²) in [7, 11) is 1.79. The first kappa shape index (κ1) is 9.85. The zero-order valence-electron chi connectivity index (χ0n) is 7.45. The fourth-order valence-corrected chi connectivity index (χ4v) is 2.70. The monoisotopic (exact) mass is 305 g/mol. The molecule has 4 nitrogen and oxygen atoms in total. The van der Waals surface area contributed by atoms with Crippen LogP contribution < -0.4 is 0 Å². The molecule has 1 N–H and O–H groups in total. The van der Waals surface area contributed by atoms with Crippen molar-refractivity contribution in [2.45, 2.75) is 6.10 Å². The van der Waals surface area contributed by atoms with Gasteiger partial charge in [-0.05, 0) is 28.7 Å². The number of allylic oxidation sites excluding steroid dienone is 2. The van der Waals surface area contributed by atoms with Gasteiger partial charge in [-0.15, -0.1) is 0 Å². The van der Waals surface area contributed by atoms with Crippen LogP contribution in [0.2, 0.25) is 0 Å². The summed E-state index contributed by atoms with van der Waals surface area (Å²) in [6.07, 6.45) is 0.588. The highest BCUT2D eigenvalue weighted by molar-refractivity contribution is 14.1. The van der Waals surface area contributed by atoms with Crippen LogP contribution >= 0.6 is 22.6 Å². The van der Waals surface area contributed by atoms with E-state index in [0.29, 0.717) is 21.4 Å². The molecule has 0 aromatic carbocycles. The van der Waals surface area contributed by atoms with Gasteiger partial charge in [-0.1, -0.05) is 0 Å². The predicted molar refractivity (Wildman–Crippen MR) is 57.8 cm³/mol. The van der Waals surface area contributed by atoms with E-state index in [1.165, 1.54) is 6.08 Å². The van der Waals surface area contributed by atoms with Gasteiger partial charge in [0.15, 0.2) is 0 Å². The molecule has 1 aliphatic carbocycles. The van der Waals surface area contributed by atoms with Crippen LogP contribution in [0.25, 0.3) is 0 Å².